The Morgan fingerprint density at radius 3 is 2.82 bits per heavy atom. The summed E-state index contributed by atoms with van der Waals surface area (Å²) < 4.78 is 0. The van der Waals surface area contributed by atoms with Gasteiger partial charge in [-0.15, -0.1) is 0 Å². The molecule has 1 rings (SSSR count). The van der Waals surface area contributed by atoms with Gasteiger partial charge in [-0.05, 0) is 30.2 Å². The first-order chi connectivity index (χ1) is 5.27. The van der Waals surface area contributed by atoms with Gasteiger partial charge in [-0.3, -0.25) is 0 Å². The standard InChI is InChI=1S/C9H8BrN/c1-7-2-3-8(6-11)4-9(7)5-10/h2-4H,5H2,1H3. The molecule has 1 nitrogen and oxygen atoms in total. The van der Waals surface area contributed by atoms with E-state index in [2.05, 4.69) is 22.0 Å². The molecule has 0 spiro atoms. The molecule has 56 valence electrons. The van der Waals surface area contributed by atoms with E-state index < -0.39 is 0 Å². The third kappa shape index (κ3) is 1.81. The predicted molar refractivity (Wildman–Crippen MR) is 48.5 cm³/mol. The summed E-state index contributed by atoms with van der Waals surface area (Å²) >= 11 is 3.36. The van der Waals surface area contributed by atoms with Gasteiger partial charge in [-0.25, -0.2) is 0 Å². The molecular formula is C9H8BrN. The molecular weight excluding hydrogens is 202 g/mol. The summed E-state index contributed by atoms with van der Waals surface area (Å²) in [6.07, 6.45) is 0. The smallest absolute Gasteiger partial charge is 0.0991 e. The zero-order valence-corrected chi connectivity index (χ0v) is 7.85. The van der Waals surface area contributed by atoms with Crippen LogP contribution in [0.3, 0.4) is 0 Å². The summed E-state index contributed by atoms with van der Waals surface area (Å²) in [5.74, 6) is 0. The largest absolute Gasteiger partial charge is 0.192 e. The summed E-state index contributed by atoms with van der Waals surface area (Å²) in [6.45, 7) is 2.04. The van der Waals surface area contributed by atoms with E-state index in [0.29, 0.717) is 0 Å². The number of halogens is 1. The van der Waals surface area contributed by atoms with Crippen molar-refractivity contribution >= 4 is 15.9 Å². The van der Waals surface area contributed by atoms with Gasteiger partial charge < -0.3 is 0 Å². The predicted octanol–water partition coefficient (Wildman–Crippen LogP) is 2.76. The van der Waals surface area contributed by atoms with Gasteiger partial charge in [0.15, 0.2) is 0 Å². The first-order valence-electron chi connectivity index (χ1n) is 3.33. The van der Waals surface area contributed by atoms with Crippen LogP contribution in [0.2, 0.25) is 0 Å². The van der Waals surface area contributed by atoms with Crippen molar-refractivity contribution in [2.24, 2.45) is 0 Å². The fraction of sp³-hybridized carbons (Fsp3) is 0.222. The molecule has 0 aliphatic carbocycles. The van der Waals surface area contributed by atoms with E-state index in [1.54, 1.807) is 0 Å². The van der Waals surface area contributed by atoms with Crippen LogP contribution in [0, 0.1) is 18.3 Å². The minimum Gasteiger partial charge on any atom is -0.192 e. The molecule has 1 aromatic carbocycles. The molecule has 1 aromatic rings. The molecule has 0 saturated carbocycles. The SMILES string of the molecule is Cc1ccc(C#N)cc1CBr. The van der Waals surface area contributed by atoms with Gasteiger partial charge in [-0.2, -0.15) is 5.26 Å². The van der Waals surface area contributed by atoms with E-state index >= 15 is 0 Å². The van der Waals surface area contributed by atoms with Crippen molar-refractivity contribution in [1.82, 2.24) is 0 Å². The van der Waals surface area contributed by atoms with Gasteiger partial charge in [-0.1, -0.05) is 22.0 Å². The van der Waals surface area contributed by atoms with Gasteiger partial charge in [0, 0.05) is 5.33 Å². The molecule has 0 unspecified atom stereocenters. The normalized spacial score (nSPS) is 9.18. The molecule has 0 radical (unpaired) electrons. The van der Waals surface area contributed by atoms with E-state index in [1.807, 2.05) is 25.1 Å². The van der Waals surface area contributed by atoms with Crippen molar-refractivity contribution in [3.8, 4) is 6.07 Å². The maximum atomic E-state index is 8.58. The molecule has 0 aromatic heterocycles. The first kappa shape index (κ1) is 8.29. The molecule has 0 atom stereocenters. The highest BCUT2D eigenvalue weighted by molar-refractivity contribution is 9.08. The van der Waals surface area contributed by atoms with E-state index in [4.69, 9.17) is 5.26 Å². The molecule has 0 aliphatic rings. The van der Waals surface area contributed by atoms with Crippen LogP contribution in [0.25, 0.3) is 0 Å². The molecule has 0 aliphatic heterocycles. The molecule has 2 heteroatoms. The molecule has 0 fully saturated rings. The number of hydrogen-bond acceptors (Lipinski definition) is 1. The Hall–Kier alpha value is -0.810. The van der Waals surface area contributed by atoms with Crippen molar-refractivity contribution in [2.45, 2.75) is 12.3 Å². The molecule has 0 heterocycles. The van der Waals surface area contributed by atoms with Crippen LogP contribution in [0.5, 0.6) is 0 Å². The zero-order valence-electron chi connectivity index (χ0n) is 6.26. The second-order valence-electron chi connectivity index (χ2n) is 2.39. The van der Waals surface area contributed by atoms with Crippen molar-refractivity contribution in [3.63, 3.8) is 0 Å². The average molecular weight is 210 g/mol. The third-order valence-corrected chi connectivity index (χ3v) is 2.23. The van der Waals surface area contributed by atoms with E-state index in [-0.39, 0.29) is 0 Å². The monoisotopic (exact) mass is 209 g/mol. The van der Waals surface area contributed by atoms with Gasteiger partial charge in [0.1, 0.15) is 0 Å². The minimum atomic E-state index is 0.727. The fourth-order valence-electron chi connectivity index (χ4n) is 0.885. The van der Waals surface area contributed by atoms with Gasteiger partial charge in [0.25, 0.3) is 0 Å². The summed E-state index contributed by atoms with van der Waals surface area (Å²) in [5, 5.41) is 9.40. The number of alkyl halides is 1. The Morgan fingerprint density at radius 1 is 1.55 bits per heavy atom. The molecule has 0 amide bonds. The maximum Gasteiger partial charge on any atom is 0.0991 e. The number of benzene rings is 1. The lowest BCUT2D eigenvalue weighted by Gasteiger charge is -2.00. The number of nitriles is 1. The van der Waals surface area contributed by atoms with Crippen LogP contribution in [-0.4, -0.2) is 0 Å². The van der Waals surface area contributed by atoms with Crippen molar-refractivity contribution < 1.29 is 0 Å². The van der Waals surface area contributed by atoms with Crippen LogP contribution in [0.1, 0.15) is 16.7 Å². The van der Waals surface area contributed by atoms with Crippen LogP contribution in [0.15, 0.2) is 18.2 Å². The lowest BCUT2D eigenvalue weighted by molar-refractivity contribution is 1.31. The Balaban J connectivity index is 3.15. The third-order valence-electron chi connectivity index (χ3n) is 1.62. The van der Waals surface area contributed by atoms with Crippen LogP contribution in [-0.2, 0) is 5.33 Å². The topological polar surface area (TPSA) is 23.8 Å². The Kier molecular flexibility index (Phi) is 2.67. The Labute approximate surface area is 74.8 Å². The lowest BCUT2D eigenvalue weighted by Crippen LogP contribution is -1.85. The summed E-state index contributed by atoms with van der Waals surface area (Å²) in [4.78, 5) is 0. The van der Waals surface area contributed by atoms with E-state index in [0.717, 1.165) is 10.9 Å². The zero-order chi connectivity index (χ0) is 8.27. The minimum absolute atomic E-state index is 0.727. The lowest BCUT2D eigenvalue weighted by atomic mass is 10.1. The summed E-state index contributed by atoms with van der Waals surface area (Å²) in [5.41, 5.74) is 3.13. The van der Waals surface area contributed by atoms with E-state index in [9.17, 15) is 0 Å². The second-order valence-corrected chi connectivity index (χ2v) is 2.95. The molecule has 0 bridgehead atoms. The highest BCUT2D eigenvalue weighted by Crippen LogP contribution is 2.13. The second kappa shape index (κ2) is 3.54. The maximum absolute atomic E-state index is 8.58. The van der Waals surface area contributed by atoms with Crippen molar-refractivity contribution in [3.05, 3.63) is 34.9 Å². The quantitative estimate of drug-likeness (QED) is 0.653. The number of rotatable bonds is 1. The highest BCUT2D eigenvalue weighted by Gasteiger charge is 1.96. The molecule has 11 heavy (non-hydrogen) atoms. The fourth-order valence-corrected chi connectivity index (χ4v) is 1.49. The van der Waals surface area contributed by atoms with Gasteiger partial charge in [0.2, 0.25) is 0 Å². The number of aryl methyl sites for hydroxylation is 1. The Morgan fingerprint density at radius 2 is 2.27 bits per heavy atom. The molecule has 0 N–H and O–H groups in total. The van der Waals surface area contributed by atoms with Crippen LogP contribution in [0.4, 0.5) is 0 Å². The van der Waals surface area contributed by atoms with Crippen molar-refractivity contribution in [1.29, 1.82) is 5.26 Å². The molecule has 0 saturated heterocycles. The van der Waals surface area contributed by atoms with Crippen LogP contribution >= 0.6 is 15.9 Å². The van der Waals surface area contributed by atoms with Gasteiger partial charge in [0.05, 0.1) is 11.6 Å². The summed E-state index contributed by atoms with van der Waals surface area (Å²) in [6, 6.07) is 7.82. The van der Waals surface area contributed by atoms with Crippen LogP contribution < -0.4 is 0 Å². The average Bonchev–Trinajstić information content (AvgIpc) is 2.05. The highest BCUT2D eigenvalue weighted by atomic mass is 79.9. The first-order valence-corrected chi connectivity index (χ1v) is 4.45. The van der Waals surface area contributed by atoms with E-state index in [1.165, 1.54) is 11.1 Å². The summed E-state index contributed by atoms with van der Waals surface area (Å²) in [7, 11) is 0. The van der Waals surface area contributed by atoms with Crippen molar-refractivity contribution in [2.75, 3.05) is 0 Å². The van der Waals surface area contributed by atoms with Gasteiger partial charge >= 0.3 is 0 Å². The number of nitrogens with zero attached hydrogens (tertiary/aromatic N) is 1. The Bertz CT molecular complexity index is 299. The number of hydrogen-bond donors (Lipinski definition) is 0.